The van der Waals surface area contributed by atoms with Crippen molar-refractivity contribution in [2.24, 2.45) is 0 Å². The van der Waals surface area contributed by atoms with Gasteiger partial charge in [0.05, 0.1) is 16.2 Å². The van der Waals surface area contributed by atoms with Gasteiger partial charge in [-0.2, -0.15) is 13.2 Å². The van der Waals surface area contributed by atoms with Gasteiger partial charge < -0.3 is 4.42 Å². The highest BCUT2D eigenvalue weighted by atomic mass is 32.2. The summed E-state index contributed by atoms with van der Waals surface area (Å²) in [7, 11) is 0. The van der Waals surface area contributed by atoms with Gasteiger partial charge in [-0.05, 0) is 61.2 Å². The second-order valence-corrected chi connectivity index (χ2v) is 8.01. The lowest BCUT2D eigenvalue weighted by Crippen LogP contribution is -2.26. The Balaban J connectivity index is 1.60. The third-order valence-electron chi connectivity index (χ3n) is 4.46. The van der Waals surface area contributed by atoms with E-state index < -0.39 is 11.7 Å². The van der Waals surface area contributed by atoms with E-state index >= 15 is 0 Å². The van der Waals surface area contributed by atoms with Crippen LogP contribution in [0, 0.1) is 6.92 Å². The van der Waals surface area contributed by atoms with E-state index in [2.05, 4.69) is 0 Å². The summed E-state index contributed by atoms with van der Waals surface area (Å²) < 4.78 is 44.5. The predicted octanol–water partition coefficient (Wildman–Crippen LogP) is 7.32. The molecule has 4 rings (SSSR count). The number of anilines is 1. The molecule has 2 aromatic carbocycles. The first-order valence-corrected chi connectivity index (χ1v) is 10.1. The molecule has 0 unspecified atom stereocenters. The summed E-state index contributed by atoms with van der Waals surface area (Å²) in [5.74, 6) is 0.689. The number of aryl methyl sites for hydroxylation is 1. The molecule has 0 atom stereocenters. The summed E-state index contributed by atoms with van der Waals surface area (Å²) in [6.45, 7) is 1.95. The number of furan rings is 1. The van der Waals surface area contributed by atoms with E-state index in [1.807, 2.05) is 31.2 Å². The van der Waals surface area contributed by atoms with E-state index in [4.69, 9.17) is 16.6 Å². The molecule has 1 saturated heterocycles. The molecule has 8 heteroatoms. The number of rotatable bonds is 3. The quantitative estimate of drug-likeness (QED) is 0.312. The molecule has 1 aliphatic rings. The number of thioether (sulfide) groups is 1. The standard InChI is InChI=1S/C22H14F3NO2S2/c1-13-5-7-16(8-6-13)26-20(29)19(30-21(26)27)12-17-9-10-18(28-17)14-3-2-4-15(11-14)22(23,24)25/h2-12H,1H3/b19-12-. The molecular formula is C22H14F3NO2S2. The van der Waals surface area contributed by atoms with Crippen molar-refractivity contribution in [3.63, 3.8) is 0 Å². The largest absolute Gasteiger partial charge is 0.457 e. The molecule has 2 heterocycles. The number of carbonyl (C=O) groups is 1. The van der Waals surface area contributed by atoms with Gasteiger partial charge in [-0.3, -0.25) is 9.69 Å². The van der Waals surface area contributed by atoms with E-state index in [-0.39, 0.29) is 5.24 Å². The van der Waals surface area contributed by atoms with Gasteiger partial charge in [0.1, 0.15) is 16.5 Å². The number of benzene rings is 2. The van der Waals surface area contributed by atoms with Gasteiger partial charge in [0.2, 0.25) is 0 Å². The van der Waals surface area contributed by atoms with Crippen molar-refractivity contribution in [3.8, 4) is 11.3 Å². The fourth-order valence-electron chi connectivity index (χ4n) is 2.95. The summed E-state index contributed by atoms with van der Waals surface area (Å²) in [6.07, 6.45) is -2.81. The highest BCUT2D eigenvalue weighted by molar-refractivity contribution is 8.20. The molecule has 0 radical (unpaired) electrons. The zero-order chi connectivity index (χ0) is 21.5. The van der Waals surface area contributed by atoms with Crippen LogP contribution in [0.2, 0.25) is 0 Å². The molecule has 0 bridgehead atoms. The number of halogens is 3. The van der Waals surface area contributed by atoms with E-state index in [9.17, 15) is 18.0 Å². The average Bonchev–Trinajstić information content (AvgIpc) is 3.27. The number of thiocarbonyl (C=S) groups is 1. The van der Waals surface area contributed by atoms with Gasteiger partial charge in [0.25, 0.3) is 5.24 Å². The van der Waals surface area contributed by atoms with Crippen molar-refractivity contribution in [2.45, 2.75) is 13.1 Å². The Kier molecular flexibility index (Phi) is 5.29. The third-order valence-corrected chi connectivity index (χ3v) is 5.88. The minimum absolute atomic E-state index is 0.222. The Labute approximate surface area is 180 Å². The third kappa shape index (κ3) is 4.06. The van der Waals surface area contributed by atoms with Crippen molar-refractivity contribution in [1.82, 2.24) is 0 Å². The summed E-state index contributed by atoms with van der Waals surface area (Å²) in [6, 6.07) is 15.6. The molecule has 1 aliphatic heterocycles. The number of hydrogen-bond acceptors (Lipinski definition) is 4. The van der Waals surface area contributed by atoms with E-state index in [1.54, 1.807) is 24.3 Å². The topological polar surface area (TPSA) is 33.5 Å². The van der Waals surface area contributed by atoms with Crippen LogP contribution in [0.1, 0.15) is 16.9 Å². The Hall–Kier alpha value is -2.84. The second kappa shape index (κ2) is 7.77. The normalized spacial score (nSPS) is 16.0. The fourth-order valence-corrected chi connectivity index (χ4v) is 4.21. The predicted molar refractivity (Wildman–Crippen MR) is 116 cm³/mol. The lowest BCUT2D eigenvalue weighted by molar-refractivity contribution is -0.137. The molecule has 1 amide bonds. The number of carbonyl (C=O) groups excluding carboxylic acids is 1. The first-order chi connectivity index (χ1) is 14.2. The highest BCUT2D eigenvalue weighted by Gasteiger charge is 2.33. The zero-order valence-electron chi connectivity index (χ0n) is 15.6. The van der Waals surface area contributed by atoms with Crippen LogP contribution in [-0.2, 0) is 6.18 Å². The van der Waals surface area contributed by atoms with Gasteiger partial charge in [-0.1, -0.05) is 42.0 Å². The van der Waals surface area contributed by atoms with Crippen molar-refractivity contribution >= 4 is 46.0 Å². The molecule has 0 saturated carbocycles. The minimum atomic E-state index is -4.43. The summed E-state index contributed by atoms with van der Waals surface area (Å²) in [4.78, 5) is 14.8. The summed E-state index contributed by atoms with van der Waals surface area (Å²) in [5.41, 5.74) is 1.31. The maximum atomic E-state index is 12.9. The van der Waals surface area contributed by atoms with Crippen molar-refractivity contribution in [3.05, 3.63) is 82.5 Å². The molecule has 0 aliphatic carbocycles. The van der Waals surface area contributed by atoms with Gasteiger partial charge in [0, 0.05) is 5.56 Å². The van der Waals surface area contributed by atoms with Crippen LogP contribution in [-0.4, -0.2) is 10.2 Å². The number of alkyl halides is 3. The monoisotopic (exact) mass is 445 g/mol. The van der Waals surface area contributed by atoms with Gasteiger partial charge in [0.15, 0.2) is 0 Å². The van der Waals surface area contributed by atoms with Crippen LogP contribution in [0.3, 0.4) is 0 Å². The van der Waals surface area contributed by atoms with Crippen molar-refractivity contribution < 1.29 is 22.4 Å². The Morgan fingerprint density at radius 3 is 2.50 bits per heavy atom. The van der Waals surface area contributed by atoms with E-state index in [0.29, 0.717) is 32.7 Å². The lowest BCUT2D eigenvalue weighted by atomic mass is 10.1. The Morgan fingerprint density at radius 2 is 1.80 bits per heavy atom. The fraction of sp³-hybridized carbons (Fsp3) is 0.0909. The van der Waals surface area contributed by atoms with Gasteiger partial charge >= 0.3 is 6.18 Å². The van der Waals surface area contributed by atoms with Crippen molar-refractivity contribution in [2.75, 3.05) is 4.90 Å². The number of nitrogens with zero attached hydrogens (tertiary/aromatic N) is 1. The SMILES string of the molecule is Cc1ccc(N2C(=O)S/C(=C\c3ccc(-c4cccc(C(F)(F)F)c4)o3)C2=S)cc1. The van der Waals surface area contributed by atoms with Gasteiger partial charge in [-0.25, -0.2) is 0 Å². The van der Waals surface area contributed by atoms with Crippen LogP contribution in [0.25, 0.3) is 17.4 Å². The zero-order valence-corrected chi connectivity index (χ0v) is 17.2. The number of hydrogen-bond donors (Lipinski definition) is 0. The molecule has 1 fully saturated rings. The molecule has 3 nitrogen and oxygen atoms in total. The first kappa shape index (κ1) is 20.4. The van der Waals surface area contributed by atoms with Gasteiger partial charge in [-0.15, -0.1) is 0 Å². The molecule has 30 heavy (non-hydrogen) atoms. The number of amides is 1. The Morgan fingerprint density at radius 1 is 1.07 bits per heavy atom. The maximum absolute atomic E-state index is 12.9. The molecule has 0 spiro atoms. The van der Waals surface area contributed by atoms with Crippen LogP contribution in [0.4, 0.5) is 23.7 Å². The van der Waals surface area contributed by atoms with Crippen molar-refractivity contribution in [1.29, 1.82) is 0 Å². The van der Waals surface area contributed by atoms with E-state index in [1.165, 1.54) is 11.0 Å². The smallest absolute Gasteiger partial charge is 0.416 e. The van der Waals surface area contributed by atoms with Crippen LogP contribution < -0.4 is 4.90 Å². The summed E-state index contributed by atoms with van der Waals surface area (Å²) >= 11 is 6.45. The van der Waals surface area contributed by atoms with Crippen LogP contribution >= 0.6 is 24.0 Å². The average molecular weight is 445 g/mol. The van der Waals surface area contributed by atoms with E-state index in [0.717, 1.165) is 29.5 Å². The highest BCUT2D eigenvalue weighted by Crippen LogP contribution is 2.38. The second-order valence-electron chi connectivity index (χ2n) is 6.63. The Bertz CT molecular complexity index is 1160. The van der Waals surface area contributed by atoms with Crippen LogP contribution in [0.5, 0.6) is 0 Å². The molecule has 0 N–H and O–H groups in total. The molecular weight excluding hydrogens is 431 g/mol. The minimum Gasteiger partial charge on any atom is -0.457 e. The molecule has 152 valence electrons. The summed E-state index contributed by atoms with van der Waals surface area (Å²) in [5, 5.41) is -0.222. The molecule has 1 aromatic heterocycles. The molecule has 3 aromatic rings. The first-order valence-electron chi connectivity index (χ1n) is 8.84. The lowest BCUT2D eigenvalue weighted by Gasteiger charge is -2.14. The maximum Gasteiger partial charge on any atom is 0.416 e. The van der Waals surface area contributed by atoms with Crippen LogP contribution in [0.15, 0.2) is 70.0 Å².